The molecule has 4 heterocycles. The molecule has 2 aliphatic heterocycles. The molecular formula is C17H23N3O3. The van der Waals surface area contributed by atoms with Gasteiger partial charge in [-0.05, 0) is 50.8 Å². The molecule has 0 amide bonds. The molecule has 2 fully saturated rings. The molecule has 23 heavy (non-hydrogen) atoms. The third-order valence-electron chi connectivity index (χ3n) is 5.06. The highest BCUT2D eigenvalue weighted by Crippen LogP contribution is 2.40. The molecule has 2 aromatic rings. The normalized spacial score (nSPS) is 28.2. The fourth-order valence-corrected chi connectivity index (χ4v) is 3.70. The molecule has 0 aromatic carbocycles. The summed E-state index contributed by atoms with van der Waals surface area (Å²) in [4.78, 5) is 6.74. The zero-order valence-corrected chi connectivity index (χ0v) is 13.9. The maximum Gasteiger partial charge on any atom is 0.223 e. The largest absolute Gasteiger partial charge is 0.465 e. The van der Waals surface area contributed by atoms with Crippen molar-refractivity contribution in [2.24, 2.45) is 5.92 Å². The number of nitrogens with zero attached hydrogens (tertiary/aromatic N) is 3. The van der Waals surface area contributed by atoms with Gasteiger partial charge >= 0.3 is 0 Å². The topological polar surface area (TPSA) is 64.5 Å². The average Bonchev–Trinajstić information content (AvgIpc) is 3.19. The number of likely N-dealkylation sites (tertiary alicyclic amines) is 1. The minimum Gasteiger partial charge on any atom is -0.465 e. The molecule has 0 bridgehead atoms. The van der Waals surface area contributed by atoms with E-state index in [0.29, 0.717) is 17.6 Å². The fourth-order valence-electron chi connectivity index (χ4n) is 3.70. The van der Waals surface area contributed by atoms with Crippen LogP contribution in [0.5, 0.6) is 0 Å². The molecule has 0 radical (unpaired) electrons. The van der Waals surface area contributed by atoms with Crippen LogP contribution in [0.25, 0.3) is 0 Å². The average molecular weight is 317 g/mol. The second kappa shape index (κ2) is 5.76. The van der Waals surface area contributed by atoms with Crippen molar-refractivity contribution in [3.05, 3.63) is 34.9 Å². The third-order valence-corrected chi connectivity index (χ3v) is 5.06. The SMILES string of the molecule is Cc1nc([C@@H]2C[C@H]3CCN(Cc4cc(C)c(C)o4)C[C@@H]3O2)no1. The van der Waals surface area contributed by atoms with E-state index in [1.807, 2.05) is 13.8 Å². The Bertz CT molecular complexity index is 674. The van der Waals surface area contributed by atoms with Crippen LogP contribution in [0.3, 0.4) is 0 Å². The van der Waals surface area contributed by atoms with E-state index in [1.165, 1.54) is 5.56 Å². The Morgan fingerprint density at radius 3 is 2.87 bits per heavy atom. The van der Waals surface area contributed by atoms with Gasteiger partial charge in [0.2, 0.25) is 11.7 Å². The van der Waals surface area contributed by atoms with E-state index in [2.05, 4.69) is 28.0 Å². The van der Waals surface area contributed by atoms with Crippen LogP contribution in [0.4, 0.5) is 0 Å². The highest BCUT2D eigenvalue weighted by molar-refractivity contribution is 5.18. The number of aryl methyl sites for hydroxylation is 3. The predicted octanol–water partition coefficient (Wildman–Crippen LogP) is 2.94. The molecule has 4 rings (SSSR count). The summed E-state index contributed by atoms with van der Waals surface area (Å²) in [5.74, 6) is 3.95. The van der Waals surface area contributed by atoms with Crippen LogP contribution in [0, 0.1) is 26.7 Å². The Morgan fingerprint density at radius 2 is 2.17 bits per heavy atom. The predicted molar refractivity (Wildman–Crippen MR) is 82.8 cm³/mol. The van der Waals surface area contributed by atoms with Gasteiger partial charge in [-0.25, -0.2) is 0 Å². The summed E-state index contributed by atoms with van der Waals surface area (Å²) in [6.07, 6.45) is 2.38. The minimum atomic E-state index is -0.0181. The van der Waals surface area contributed by atoms with E-state index >= 15 is 0 Å². The van der Waals surface area contributed by atoms with E-state index in [0.717, 1.165) is 44.0 Å². The maximum absolute atomic E-state index is 6.20. The zero-order chi connectivity index (χ0) is 16.0. The van der Waals surface area contributed by atoms with Gasteiger partial charge in [0.15, 0.2) is 0 Å². The van der Waals surface area contributed by atoms with Crippen molar-refractivity contribution in [2.45, 2.75) is 52.4 Å². The number of hydrogen-bond donors (Lipinski definition) is 0. The Labute approximate surface area is 135 Å². The van der Waals surface area contributed by atoms with Crippen molar-refractivity contribution >= 4 is 0 Å². The number of hydrogen-bond acceptors (Lipinski definition) is 6. The zero-order valence-electron chi connectivity index (χ0n) is 13.9. The molecule has 2 aromatic heterocycles. The van der Waals surface area contributed by atoms with Crippen LogP contribution in [-0.4, -0.2) is 34.2 Å². The molecular weight excluding hydrogens is 294 g/mol. The molecule has 0 saturated carbocycles. The second-order valence-electron chi connectivity index (χ2n) is 6.81. The number of rotatable bonds is 3. The van der Waals surface area contributed by atoms with Crippen molar-refractivity contribution in [3.8, 4) is 0 Å². The maximum atomic E-state index is 6.20. The lowest BCUT2D eigenvalue weighted by Crippen LogP contribution is -2.41. The first-order valence-electron chi connectivity index (χ1n) is 8.32. The van der Waals surface area contributed by atoms with Gasteiger partial charge in [0, 0.05) is 13.5 Å². The third kappa shape index (κ3) is 2.93. The van der Waals surface area contributed by atoms with Crippen LogP contribution in [0.1, 0.15) is 47.7 Å². The number of ether oxygens (including phenoxy) is 1. The number of furan rings is 1. The monoisotopic (exact) mass is 317 g/mol. The van der Waals surface area contributed by atoms with Gasteiger partial charge in [0.25, 0.3) is 0 Å². The Hall–Kier alpha value is -1.66. The fraction of sp³-hybridized carbons (Fsp3) is 0.647. The first-order chi connectivity index (χ1) is 11.1. The van der Waals surface area contributed by atoms with Crippen LogP contribution < -0.4 is 0 Å². The van der Waals surface area contributed by atoms with Crippen molar-refractivity contribution in [1.29, 1.82) is 0 Å². The highest BCUT2D eigenvalue weighted by atomic mass is 16.5. The van der Waals surface area contributed by atoms with Crippen LogP contribution in [0.15, 0.2) is 15.0 Å². The summed E-state index contributed by atoms with van der Waals surface area (Å²) in [5, 5.41) is 4.02. The highest BCUT2D eigenvalue weighted by Gasteiger charge is 2.41. The summed E-state index contributed by atoms with van der Waals surface area (Å²) in [6.45, 7) is 8.80. The molecule has 6 nitrogen and oxygen atoms in total. The summed E-state index contributed by atoms with van der Waals surface area (Å²) >= 11 is 0. The van der Waals surface area contributed by atoms with E-state index in [4.69, 9.17) is 13.7 Å². The van der Waals surface area contributed by atoms with Crippen LogP contribution in [0.2, 0.25) is 0 Å². The Kier molecular flexibility index (Phi) is 3.73. The number of aromatic nitrogens is 2. The summed E-state index contributed by atoms with van der Waals surface area (Å²) in [5.41, 5.74) is 1.22. The van der Waals surface area contributed by atoms with Crippen molar-refractivity contribution < 1.29 is 13.7 Å². The first-order valence-corrected chi connectivity index (χ1v) is 8.32. The lowest BCUT2D eigenvalue weighted by Gasteiger charge is -2.33. The molecule has 0 aliphatic carbocycles. The van der Waals surface area contributed by atoms with Crippen LogP contribution >= 0.6 is 0 Å². The smallest absolute Gasteiger partial charge is 0.223 e. The minimum absolute atomic E-state index is 0.0181. The number of piperidine rings is 1. The summed E-state index contributed by atoms with van der Waals surface area (Å²) < 4.78 is 17.1. The van der Waals surface area contributed by atoms with Gasteiger partial charge in [-0.15, -0.1) is 0 Å². The van der Waals surface area contributed by atoms with E-state index in [1.54, 1.807) is 0 Å². The second-order valence-corrected chi connectivity index (χ2v) is 6.81. The molecule has 124 valence electrons. The Morgan fingerprint density at radius 1 is 1.30 bits per heavy atom. The molecule has 6 heteroatoms. The van der Waals surface area contributed by atoms with Gasteiger partial charge in [-0.1, -0.05) is 5.16 Å². The van der Waals surface area contributed by atoms with Crippen molar-refractivity contribution in [2.75, 3.05) is 13.1 Å². The first kappa shape index (κ1) is 14.9. The van der Waals surface area contributed by atoms with E-state index in [9.17, 15) is 0 Å². The molecule has 0 N–H and O–H groups in total. The van der Waals surface area contributed by atoms with Crippen molar-refractivity contribution in [3.63, 3.8) is 0 Å². The number of fused-ring (bicyclic) bond motifs is 1. The van der Waals surface area contributed by atoms with Gasteiger partial charge in [-0.2, -0.15) is 4.98 Å². The molecule has 2 aliphatic rings. The van der Waals surface area contributed by atoms with Gasteiger partial charge in [0.1, 0.15) is 17.6 Å². The van der Waals surface area contributed by atoms with Gasteiger partial charge < -0.3 is 13.7 Å². The molecule has 2 saturated heterocycles. The summed E-state index contributed by atoms with van der Waals surface area (Å²) in [6, 6.07) is 2.14. The van der Waals surface area contributed by atoms with Gasteiger partial charge in [0.05, 0.1) is 12.6 Å². The molecule has 3 atom stereocenters. The molecule has 0 spiro atoms. The lowest BCUT2D eigenvalue weighted by atomic mass is 9.91. The molecule has 0 unspecified atom stereocenters. The lowest BCUT2D eigenvalue weighted by molar-refractivity contribution is -0.0139. The quantitative estimate of drug-likeness (QED) is 0.867. The van der Waals surface area contributed by atoms with E-state index < -0.39 is 0 Å². The van der Waals surface area contributed by atoms with Crippen LogP contribution in [-0.2, 0) is 11.3 Å². The Balaban J connectivity index is 1.39. The summed E-state index contributed by atoms with van der Waals surface area (Å²) in [7, 11) is 0. The standard InChI is InChI=1S/C17H23N3O3/c1-10-6-14(21-11(10)2)8-20-5-4-13-7-15(22-16(13)9-20)17-18-12(3)23-19-17/h6,13,15-16H,4-5,7-9H2,1-3H3/t13-,15+,16+/m1/s1. The van der Waals surface area contributed by atoms with Gasteiger partial charge in [-0.3, -0.25) is 4.90 Å². The van der Waals surface area contributed by atoms with E-state index in [-0.39, 0.29) is 12.2 Å². The van der Waals surface area contributed by atoms with Crippen molar-refractivity contribution in [1.82, 2.24) is 15.0 Å².